The van der Waals surface area contributed by atoms with Gasteiger partial charge in [-0.1, -0.05) is 6.42 Å². The monoisotopic (exact) mass is 242 g/mol. The lowest BCUT2D eigenvalue weighted by atomic mass is 9.78. The summed E-state index contributed by atoms with van der Waals surface area (Å²) in [5.41, 5.74) is 7.83. The van der Waals surface area contributed by atoms with Gasteiger partial charge in [0.05, 0.1) is 0 Å². The molecule has 4 heteroatoms. The molecule has 0 aromatic carbocycles. The van der Waals surface area contributed by atoms with Crippen molar-refractivity contribution in [3.8, 4) is 6.07 Å². The molecule has 0 radical (unpaired) electrons. The van der Waals surface area contributed by atoms with Gasteiger partial charge in [-0.05, 0) is 36.8 Å². The second-order valence-electron chi connectivity index (χ2n) is 5.43. The summed E-state index contributed by atoms with van der Waals surface area (Å²) in [6.07, 6.45) is 5.44. The lowest BCUT2D eigenvalue weighted by Crippen LogP contribution is -2.38. The van der Waals surface area contributed by atoms with Crippen LogP contribution in [0.2, 0.25) is 0 Å². The number of rotatable bonds is 1. The van der Waals surface area contributed by atoms with Crippen LogP contribution in [0.15, 0.2) is 18.3 Å². The predicted molar refractivity (Wildman–Crippen MR) is 70.0 cm³/mol. The van der Waals surface area contributed by atoms with E-state index in [9.17, 15) is 0 Å². The molecule has 2 heterocycles. The van der Waals surface area contributed by atoms with Crippen LogP contribution in [0.1, 0.15) is 25.0 Å². The van der Waals surface area contributed by atoms with Crippen LogP contribution in [0.3, 0.4) is 0 Å². The molecule has 2 N–H and O–H groups in total. The van der Waals surface area contributed by atoms with Crippen molar-refractivity contribution in [1.82, 2.24) is 4.98 Å². The highest BCUT2D eigenvalue weighted by Crippen LogP contribution is 2.37. The zero-order valence-corrected chi connectivity index (χ0v) is 10.4. The Bertz CT molecular complexity index is 479. The van der Waals surface area contributed by atoms with E-state index in [1.165, 1.54) is 12.8 Å². The Morgan fingerprint density at radius 2 is 2.28 bits per heavy atom. The summed E-state index contributed by atoms with van der Waals surface area (Å²) < 4.78 is 0. The van der Waals surface area contributed by atoms with Crippen LogP contribution < -0.4 is 10.6 Å². The number of anilines is 1. The maximum absolute atomic E-state index is 8.90. The number of hydrogen-bond donors (Lipinski definition) is 1. The first kappa shape index (κ1) is 11.5. The van der Waals surface area contributed by atoms with Crippen molar-refractivity contribution in [2.24, 2.45) is 17.6 Å². The van der Waals surface area contributed by atoms with Crippen molar-refractivity contribution < 1.29 is 0 Å². The lowest BCUT2D eigenvalue weighted by molar-refractivity contribution is 0.260. The summed E-state index contributed by atoms with van der Waals surface area (Å²) in [5.74, 6) is 1.35. The number of nitrogens with zero attached hydrogens (tertiary/aromatic N) is 3. The quantitative estimate of drug-likeness (QED) is 0.810. The largest absolute Gasteiger partial charge is 0.371 e. The van der Waals surface area contributed by atoms with Gasteiger partial charge < -0.3 is 10.6 Å². The molecular weight excluding hydrogens is 224 g/mol. The fourth-order valence-electron chi connectivity index (χ4n) is 3.40. The van der Waals surface area contributed by atoms with Gasteiger partial charge in [0, 0.05) is 31.0 Å². The van der Waals surface area contributed by atoms with E-state index in [-0.39, 0.29) is 0 Å². The van der Waals surface area contributed by atoms with Gasteiger partial charge in [0.1, 0.15) is 11.8 Å². The van der Waals surface area contributed by atoms with Crippen molar-refractivity contribution in [2.75, 3.05) is 18.0 Å². The van der Waals surface area contributed by atoms with Gasteiger partial charge in [0.25, 0.3) is 0 Å². The summed E-state index contributed by atoms with van der Waals surface area (Å²) in [6, 6.07) is 6.32. The smallest absolute Gasteiger partial charge is 0.142 e. The van der Waals surface area contributed by atoms with Crippen LogP contribution in [0.25, 0.3) is 0 Å². The molecule has 0 amide bonds. The minimum atomic E-state index is 0.353. The SMILES string of the molecule is N#Cc1cc(N2CC3CCCC(N)C3C2)ccn1. The average molecular weight is 242 g/mol. The van der Waals surface area contributed by atoms with Gasteiger partial charge in [0.2, 0.25) is 0 Å². The molecule has 3 atom stereocenters. The van der Waals surface area contributed by atoms with E-state index in [0.717, 1.165) is 31.1 Å². The molecule has 4 nitrogen and oxygen atoms in total. The number of hydrogen-bond acceptors (Lipinski definition) is 4. The molecule has 2 aliphatic rings. The van der Waals surface area contributed by atoms with Crippen LogP contribution in [0.4, 0.5) is 5.69 Å². The van der Waals surface area contributed by atoms with E-state index in [4.69, 9.17) is 11.0 Å². The number of fused-ring (bicyclic) bond motifs is 1. The van der Waals surface area contributed by atoms with Crippen LogP contribution in [0, 0.1) is 23.2 Å². The number of nitrogens with two attached hydrogens (primary N) is 1. The Balaban J connectivity index is 1.80. The Kier molecular flexibility index (Phi) is 2.92. The highest BCUT2D eigenvalue weighted by Gasteiger charge is 2.38. The van der Waals surface area contributed by atoms with E-state index in [2.05, 4.69) is 16.0 Å². The normalized spacial score (nSPS) is 30.9. The minimum Gasteiger partial charge on any atom is -0.371 e. The van der Waals surface area contributed by atoms with Crippen molar-refractivity contribution in [3.05, 3.63) is 24.0 Å². The molecule has 1 aliphatic heterocycles. The molecular formula is C14H18N4. The average Bonchev–Trinajstić information content (AvgIpc) is 2.84. The molecule has 94 valence electrons. The molecule has 1 aliphatic carbocycles. The first-order valence-corrected chi connectivity index (χ1v) is 6.64. The number of pyridine rings is 1. The fraction of sp³-hybridized carbons (Fsp3) is 0.571. The summed E-state index contributed by atoms with van der Waals surface area (Å²) in [7, 11) is 0. The van der Waals surface area contributed by atoms with E-state index in [1.807, 2.05) is 12.1 Å². The van der Waals surface area contributed by atoms with E-state index < -0.39 is 0 Å². The Morgan fingerprint density at radius 3 is 3.06 bits per heavy atom. The zero-order chi connectivity index (χ0) is 12.5. The molecule has 1 aromatic rings. The lowest BCUT2D eigenvalue weighted by Gasteiger charge is -2.29. The molecule has 0 spiro atoms. The highest BCUT2D eigenvalue weighted by molar-refractivity contribution is 5.50. The van der Waals surface area contributed by atoms with Crippen LogP contribution in [0.5, 0.6) is 0 Å². The summed E-state index contributed by atoms with van der Waals surface area (Å²) in [6.45, 7) is 2.11. The Hall–Kier alpha value is -1.60. The third-order valence-corrected chi connectivity index (χ3v) is 4.38. The summed E-state index contributed by atoms with van der Waals surface area (Å²) >= 11 is 0. The van der Waals surface area contributed by atoms with Gasteiger partial charge >= 0.3 is 0 Å². The minimum absolute atomic E-state index is 0.353. The third-order valence-electron chi connectivity index (χ3n) is 4.38. The molecule has 18 heavy (non-hydrogen) atoms. The predicted octanol–water partition coefficient (Wildman–Crippen LogP) is 1.52. The maximum Gasteiger partial charge on any atom is 0.142 e. The van der Waals surface area contributed by atoms with E-state index in [0.29, 0.717) is 17.7 Å². The second kappa shape index (κ2) is 4.58. The topological polar surface area (TPSA) is 65.9 Å². The van der Waals surface area contributed by atoms with Gasteiger partial charge in [-0.15, -0.1) is 0 Å². The van der Waals surface area contributed by atoms with Gasteiger partial charge in [-0.25, -0.2) is 4.98 Å². The van der Waals surface area contributed by atoms with Gasteiger partial charge in [-0.2, -0.15) is 5.26 Å². The highest BCUT2D eigenvalue weighted by atomic mass is 15.2. The van der Waals surface area contributed by atoms with Crippen LogP contribution in [-0.2, 0) is 0 Å². The fourth-order valence-corrected chi connectivity index (χ4v) is 3.40. The Morgan fingerprint density at radius 1 is 1.39 bits per heavy atom. The van der Waals surface area contributed by atoms with Crippen molar-refractivity contribution in [2.45, 2.75) is 25.3 Å². The summed E-state index contributed by atoms with van der Waals surface area (Å²) in [5, 5.41) is 8.90. The van der Waals surface area contributed by atoms with Crippen molar-refractivity contribution >= 4 is 5.69 Å². The second-order valence-corrected chi connectivity index (χ2v) is 5.43. The third kappa shape index (κ3) is 1.95. The molecule has 3 unspecified atom stereocenters. The molecule has 3 rings (SSSR count). The van der Waals surface area contributed by atoms with Crippen molar-refractivity contribution in [1.29, 1.82) is 5.26 Å². The van der Waals surface area contributed by atoms with Crippen LogP contribution >= 0.6 is 0 Å². The van der Waals surface area contributed by atoms with E-state index in [1.54, 1.807) is 6.20 Å². The zero-order valence-electron chi connectivity index (χ0n) is 10.4. The summed E-state index contributed by atoms with van der Waals surface area (Å²) in [4.78, 5) is 6.39. The molecule has 1 aromatic heterocycles. The van der Waals surface area contributed by atoms with E-state index >= 15 is 0 Å². The maximum atomic E-state index is 8.90. The van der Waals surface area contributed by atoms with Gasteiger partial charge in [-0.3, -0.25) is 0 Å². The van der Waals surface area contributed by atoms with Gasteiger partial charge in [0.15, 0.2) is 0 Å². The first-order valence-electron chi connectivity index (χ1n) is 6.64. The molecule has 1 saturated carbocycles. The molecule has 0 bridgehead atoms. The number of aromatic nitrogens is 1. The molecule has 2 fully saturated rings. The Labute approximate surface area is 107 Å². The van der Waals surface area contributed by atoms with Crippen LogP contribution in [-0.4, -0.2) is 24.1 Å². The molecule has 1 saturated heterocycles. The van der Waals surface area contributed by atoms with Crippen molar-refractivity contribution in [3.63, 3.8) is 0 Å². The first-order chi connectivity index (χ1) is 8.78. The number of nitriles is 1. The standard InChI is InChI=1S/C14H18N4/c15-7-11-6-12(4-5-17-11)18-8-10-2-1-3-14(16)13(10)9-18/h4-6,10,13-14H,1-3,8-9,16H2.